The Morgan fingerprint density at radius 2 is 2.06 bits per heavy atom. The molecule has 2 heteroatoms. The van der Waals surface area contributed by atoms with Gasteiger partial charge in [-0.15, -0.1) is 0 Å². The summed E-state index contributed by atoms with van der Waals surface area (Å²) in [6.45, 7) is 7.44. The molecule has 0 unspecified atom stereocenters. The first kappa shape index (κ1) is 13.3. The van der Waals surface area contributed by atoms with Crippen molar-refractivity contribution in [2.75, 3.05) is 6.54 Å². The van der Waals surface area contributed by atoms with Gasteiger partial charge in [0.15, 0.2) is 0 Å². The van der Waals surface area contributed by atoms with Crippen molar-refractivity contribution in [1.82, 2.24) is 5.32 Å². The number of allylic oxidation sites excluding steroid dienone is 1. The summed E-state index contributed by atoms with van der Waals surface area (Å²) in [5, 5.41) is 4.22. The van der Waals surface area contributed by atoms with Crippen molar-refractivity contribution in [2.24, 2.45) is 0 Å². The highest BCUT2D eigenvalue weighted by molar-refractivity contribution is 6.32. The van der Waals surface area contributed by atoms with Crippen LogP contribution in [0.4, 0.5) is 0 Å². The predicted molar refractivity (Wildman–Crippen MR) is 72.9 cm³/mol. The van der Waals surface area contributed by atoms with Crippen LogP contribution in [-0.2, 0) is 0 Å². The summed E-state index contributed by atoms with van der Waals surface area (Å²) in [6, 6.07) is 8.52. The first-order valence-electron chi connectivity index (χ1n) is 5.76. The Labute approximate surface area is 104 Å². The van der Waals surface area contributed by atoms with Gasteiger partial charge in [0.1, 0.15) is 0 Å². The van der Waals surface area contributed by atoms with Crippen molar-refractivity contribution in [3.63, 3.8) is 0 Å². The summed E-state index contributed by atoms with van der Waals surface area (Å²) in [5.74, 6) is 0. The molecule has 0 aliphatic rings. The molecule has 1 aromatic rings. The van der Waals surface area contributed by atoms with E-state index in [1.54, 1.807) is 0 Å². The molecule has 0 aromatic heterocycles. The standard InChI is InChI=1S/C14H20ClN/c1-11(2)16-10-6-7-12(3)13-8-4-5-9-14(13)15/h4-5,7-9,11,16H,6,10H2,1-3H3. The van der Waals surface area contributed by atoms with E-state index in [4.69, 9.17) is 11.6 Å². The van der Waals surface area contributed by atoms with E-state index in [-0.39, 0.29) is 0 Å². The molecule has 0 aliphatic carbocycles. The van der Waals surface area contributed by atoms with Gasteiger partial charge < -0.3 is 5.32 Å². The maximum absolute atomic E-state index is 6.13. The van der Waals surface area contributed by atoms with Crippen LogP contribution in [0.5, 0.6) is 0 Å². The summed E-state index contributed by atoms with van der Waals surface area (Å²) in [7, 11) is 0. The van der Waals surface area contributed by atoms with Gasteiger partial charge in [-0.1, -0.05) is 49.7 Å². The molecule has 0 aliphatic heterocycles. The third-order valence-corrected chi connectivity index (χ3v) is 2.78. The highest BCUT2D eigenvalue weighted by Crippen LogP contribution is 2.23. The topological polar surface area (TPSA) is 12.0 Å². The van der Waals surface area contributed by atoms with Crippen LogP contribution >= 0.6 is 11.6 Å². The molecule has 0 fully saturated rings. The van der Waals surface area contributed by atoms with Gasteiger partial charge in [0.2, 0.25) is 0 Å². The maximum atomic E-state index is 6.13. The van der Waals surface area contributed by atoms with Crippen LogP contribution in [0.1, 0.15) is 32.8 Å². The Kier molecular flexibility index (Phi) is 5.58. The number of rotatable bonds is 5. The lowest BCUT2D eigenvalue weighted by molar-refractivity contribution is 0.595. The van der Waals surface area contributed by atoms with E-state index in [2.05, 4.69) is 38.2 Å². The first-order chi connectivity index (χ1) is 7.61. The molecule has 0 atom stereocenters. The lowest BCUT2D eigenvalue weighted by Gasteiger charge is -2.07. The third-order valence-electron chi connectivity index (χ3n) is 2.45. The van der Waals surface area contributed by atoms with Gasteiger partial charge in [0.25, 0.3) is 0 Å². The first-order valence-corrected chi connectivity index (χ1v) is 6.14. The van der Waals surface area contributed by atoms with Crippen molar-refractivity contribution in [3.8, 4) is 0 Å². The second kappa shape index (κ2) is 6.72. The predicted octanol–water partition coefficient (Wildman–Crippen LogP) is 4.13. The van der Waals surface area contributed by atoms with Crippen LogP contribution in [0.15, 0.2) is 30.3 Å². The largest absolute Gasteiger partial charge is 0.314 e. The Bertz CT molecular complexity index is 356. The van der Waals surface area contributed by atoms with Crippen LogP contribution in [0.3, 0.4) is 0 Å². The molecule has 88 valence electrons. The van der Waals surface area contributed by atoms with Gasteiger partial charge in [-0.3, -0.25) is 0 Å². The maximum Gasteiger partial charge on any atom is 0.0480 e. The average molecular weight is 238 g/mol. The van der Waals surface area contributed by atoms with E-state index in [0.29, 0.717) is 6.04 Å². The highest BCUT2D eigenvalue weighted by atomic mass is 35.5. The van der Waals surface area contributed by atoms with Crippen LogP contribution in [0, 0.1) is 0 Å². The van der Waals surface area contributed by atoms with Crippen LogP contribution < -0.4 is 5.32 Å². The molecule has 0 radical (unpaired) electrons. The molecule has 0 spiro atoms. The molecule has 1 aromatic carbocycles. The minimum atomic E-state index is 0.550. The van der Waals surface area contributed by atoms with Crippen LogP contribution in [0.25, 0.3) is 5.57 Å². The Morgan fingerprint density at radius 3 is 2.69 bits per heavy atom. The van der Waals surface area contributed by atoms with Gasteiger partial charge in [-0.05, 0) is 37.1 Å². The fraction of sp³-hybridized carbons (Fsp3) is 0.429. The van der Waals surface area contributed by atoms with E-state index in [1.165, 1.54) is 5.57 Å². The summed E-state index contributed by atoms with van der Waals surface area (Å²) in [6.07, 6.45) is 3.27. The average Bonchev–Trinajstić information content (AvgIpc) is 2.24. The molecule has 1 rings (SSSR count). The summed E-state index contributed by atoms with van der Waals surface area (Å²) < 4.78 is 0. The number of hydrogen-bond acceptors (Lipinski definition) is 1. The summed E-state index contributed by atoms with van der Waals surface area (Å²) >= 11 is 6.13. The molecule has 0 saturated carbocycles. The zero-order chi connectivity index (χ0) is 12.0. The molecular weight excluding hydrogens is 218 g/mol. The molecule has 16 heavy (non-hydrogen) atoms. The number of benzene rings is 1. The number of halogens is 1. The Hall–Kier alpha value is -0.790. The smallest absolute Gasteiger partial charge is 0.0480 e. The van der Waals surface area contributed by atoms with Gasteiger partial charge in [0, 0.05) is 11.1 Å². The molecule has 0 amide bonds. The van der Waals surface area contributed by atoms with Crippen molar-refractivity contribution in [3.05, 3.63) is 40.9 Å². The van der Waals surface area contributed by atoms with E-state index in [9.17, 15) is 0 Å². The zero-order valence-corrected chi connectivity index (χ0v) is 11.0. The third kappa shape index (κ3) is 4.38. The second-order valence-corrected chi connectivity index (χ2v) is 4.67. The lowest BCUT2D eigenvalue weighted by Crippen LogP contribution is -2.23. The highest BCUT2D eigenvalue weighted by Gasteiger charge is 2.00. The molecule has 1 nitrogen and oxygen atoms in total. The minimum absolute atomic E-state index is 0.550. The number of nitrogens with one attached hydrogen (secondary N) is 1. The van der Waals surface area contributed by atoms with Crippen molar-refractivity contribution in [2.45, 2.75) is 33.2 Å². The van der Waals surface area contributed by atoms with Gasteiger partial charge in [-0.2, -0.15) is 0 Å². The van der Waals surface area contributed by atoms with Crippen LogP contribution in [0.2, 0.25) is 5.02 Å². The quantitative estimate of drug-likeness (QED) is 0.760. The van der Waals surface area contributed by atoms with E-state index in [0.717, 1.165) is 23.6 Å². The van der Waals surface area contributed by atoms with Crippen molar-refractivity contribution >= 4 is 17.2 Å². The fourth-order valence-electron chi connectivity index (χ4n) is 1.55. The minimum Gasteiger partial charge on any atom is -0.314 e. The molecule has 0 heterocycles. The normalized spacial score (nSPS) is 12.2. The number of hydrogen-bond donors (Lipinski definition) is 1. The van der Waals surface area contributed by atoms with Gasteiger partial charge in [-0.25, -0.2) is 0 Å². The van der Waals surface area contributed by atoms with Gasteiger partial charge >= 0.3 is 0 Å². The van der Waals surface area contributed by atoms with E-state index >= 15 is 0 Å². The van der Waals surface area contributed by atoms with Crippen LogP contribution in [-0.4, -0.2) is 12.6 Å². The van der Waals surface area contributed by atoms with Gasteiger partial charge in [0.05, 0.1) is 0 Å². The van der Waals surface area contributed by atoms with E-state index < -0.39 is 0 Å². The monoisotopic (exact) mass is 237 g/mol. The molecule has 0 saturated heterocycles. The second-order valence-electron chi connectivity index (χ2n) is 4.26. The van der Waals surface area contributed by atoms with E-state index in [1.807, 2.05) is 18.2 Å². The summed E-state index contributed by atoms with van der Waals surface area (Å²) in [4.78, 5) is 0. The molecular formula is C14H20ClN. The Balaban J connectivity index is 2.54. The lowest BCUT2D eigenvalue weighted by atomic mass is 10.1. The van der Waals surface area contributed by atoms with Crippen molar-refractivity contribution in [1.29, 1.82) is 0 Å². The summed E-state index contributed by atoms with van der Waals surface area (Å²) in [5.41, 5.74) is 2.38. The molecule has 1 N–H and O–H groups in total. The fourth-order valence-corrected chi connectivity index (χ4v) is 1.84. The SMILES string of the molecule is CC(=CCCNC(C)C)c1ccccc1Cl. The van der Waals surface area contributed by atoms with Crippen molar-refractivity contribution < 1.29 is 0 Å². The molecule has 0 bridgehead atoms. The zero-order valence-electron chi connectivity index (χ0n) is 10.3. The Morgan fingerprint density at radius 1 is 1.38 bits per heavy atom.